The summed E-state index contributed by atoms with van der Waals surface area (Å²) in [5.74, 6) is 0.900. The molecule has 0 saturated carbocycles. The van der Waals surface area contributed by atoms with E-state index in [1.54, 1.807) is 0 Å². The first-order chi connectivity index (χ1) is 6.72. The molecule has 0 spiro atoms. The average molecular weight is 213 g/mol. The minimum absolute atomic E-state index is 0.197. The number of anilines is 1. The molecule has 0 aliphatic carbocycles. The fourth-order valence-electron chi connectivity index (χ4n) is 1.20. The highest BCUT2D eigenvalue weighted by molar-refractivity contribution is 6.20. The monoisotopic (exact) mass is 212 g/mol. The molecule has 0 bridgehead atoms. The first-order valence-corrected chi connectivity index (χ1v) is 5.46. The van der Waals surface area contributed by atoms with Crippen LogP contribution in [0.1, 0.15) is 25.3 Å². The van der Waals surface area contributed by atoms with Crippen molar-refractivity contribution in [3.63, 3.8) is 0 Å². The van der Waals surface area contributed by atoms with Gasteiger partial charge in [0, 0.05) is 12.7 Å². The number of nitrogens with one attached hydrogen (secondary N) is 1. The second-order valence-corrected chi connectivity index (χ2v) is 4.10. The van der Waals surface area contributed by atoms with E-state index in [1.807, 2.05) is 25.3 Å². The minimum Gasteiger partial charge on any atom is -0.369 e. The van der Waals surface area contributed by atoms with Gasteiger partial charge in [-0.1, -0.05) is 19.4 Å². The number of hydrogen-bond donors (Lipinski definition) is 1. The summed E-state index contributed by atoms with van der Waals surface area (Å²) in [7, 11) is 0. The highest BCUT2D eigenvalue weighted by Crippen LogP contribution is 2.08. The van der Waals surface area contributed by atoms with Crippen molar-refractivity contribution in [1.82, 2.24) is 4.98 Å². The number of aryl methyl sites for hydroxylation is 1. The Morgan fingerprint density at radius 2 is 2.29 bits per heavy atom. The van der Waals surface area contributed by atoms with Gasteiger partial charge in [0.1, 0.15) is 5.82 Å². The molecule has 1 unspecified atom stereocenters. The summed E-state index contributed by atoms with van der Waals surface area (Å²) in [6.07, 6.45) is 4.02. The minimum atomic E-state index is 0.197. The molecule has 78 valence electrons. The van der Waals surface area contributed by atoms with E-state index in [4.69, 9.17) is 11.6 Å². The lowest BCUT2D eigenvalue weighted by Crippen LogP contribution is -2.14. The normalized spacial score (nSPS) is 12.5. The molecule has 0 saturated heterocycles. The maximum absolute atomic E-state index is 6.07. The Morgan fingerprint density at radius 3 is 2.86 bits per heavy atom. The van der Waals surface area contributed by atoms with Gasteiger partial charge in [-0.05, 0) is 25.0 Å². The van der Waals surface area contributed by atoms with Crippen LogP contribution in [0, 0.1) is 6.92 Å². The zero-order valence-electron chi connectivity index (χ0n) is 8.76. The van der Waals surface area contributed by atoms with Crippen molar-refractivity contribution in [1.29, 1.82) is 0 Å². The SMILES string of the molecule is CCCC(Cl)CNc1ccc(C)cn1. The van der Waals surface area contributed by atoms with E-state index in [-0.39, 0.29) is 5.38 Å². The van der Waals surface area contributed by atoms with Gasteiger partial charge in [0.2, 0.25) is 0 Å². The van der Waals surface area contributed by atoms with Gasteiger partial charge in [-0.2, -0.15) is 0 Å². The van der Waals surface area contributed by atoms with Gasteiger partial charge in [-0.3, -0.25) is 0 Å². The number of aromatic nitrogens is 1. The third kappa shape index (κ3) is 3.97. The van der Waals surface area contributed by atoms with E-state index in [2.05, 4.69) is 17.2 Å². The zero-order chi connectivity index (χ0) is 10.4. The molecule has 1 atom stereocenters. The van der Waals surface area contributed by atoms with E-state index in [1.165, 1.54) is 5.56 Å². The average Bonchev–Trinajstić information content (AvgIpc) is 2.17. The van der Waals surface area contributed by atoms with Gasteiger partial charge in [-0.15, -0.1) is 11.6 Å². The highest BCUT2D eigenvalue weighted by Gasteiger charge is 2.02. The molecule has 1 N–H and O–H groups in total. The van der Waals surface area contributed by atoms with Gasteiger partial charge in [0.15, 0.2) is 0 Å². The highest BCUT2D eigenvalue weighted by atomic mass is 35.5. The Labute approximate surface area is 90.7 Å². The topological polar surface area (TPSA) is 24.9 Å². The maximum Gasteiger partial charge on any atom is 0.125 e. The summed E-state index contributed by atoms with van der Waals surface area (Å²) in [6, 6.07) is 4.02. The van der Waals surface area contributed by atoms with Crippen LogP contribution in [-0.2, 0) is 0 Å². The van der Waals surface area contributed by atoms with Crippen molar-refractivity contribution in [2.45, 2.75) is 32.1 Å². The largest absolute Gasteiger partial charge is 0.369 e. The molecule has 14 heavy (non-hydrogen) atoms. The molecule has 1 rings (SSSR count). The molecule has 0 radical (unpaired) electrons. The lowest BCUT2D eigenvalue weighted by atomic mass is 10.2. The van der Waals surface area contributed by atoms with Crippen LogP contribution in [0.2, 0.25) is 0 Å². The Bertz CT molecular complexity index is 258. The molecular formula is C11H17ClN2. The van der Waals surface area contributed by atoms with Gasteiger partial charge < -0.3 is 5.32 Å². The Kier molecular flexibility index (Phi) is 4.74. The van der Waals surface area contributed by atoms with Gasteiger partial charge in [0.05, 0.1) is 5.38 Å². The predicted octanol–water partition coefficient (Wildman–Crippen LogP) is 3.21. The number of pyridine rings is 1. The summed E-state index contributed by atoms with van der Waals surface area (Å²) >= 11 is 6.07. The van der Waals surface area contributed by atoms with Crippen LogP contribution in [0.5, 0.6) is 0 Å². The fourth-order valence-corrected chi connectivity index (χ4v) is 1.50. The van der Waals surface area contributed by atoms with Crippen molar-refractivity contribution < 1.29 is 0 Å². The maximum atomic E-state index is 6.07. The number of halogens is 1. The number of rotatable bonds is 5. The van der Waals surface area contributed by atoms with E-state index >= 15 is 0 Å². The molecule has 0 aliphatic rings. The van der Waals surface area contributed by atoms with Crippen molar-refractivity contribution in [3.8, 4) is 0 Å². The molecule has 1 heterocycles. The second-order valence-electron chi connectivity index (χ2n) is 3.49. The first-order valence-electron chi connectivity index (χ1n) is 5.03. The molecular weight excluding hydrogens is 196 g/mol. The molecule has 2 nitrogen and oxygen atoms in total. The van der Waals surface area contributed by atoms with Crippen molar-refractivity contribution in [3.05, 3.63) is 23.9 Å². The number of nitrogens with zero attached hydrogens (tertiary/aromatic N) is 1. The van der Waals surface area contributed by atoms with Crippen LogP contribution in [-0.4, -0.2) is 16.9 Å². The zero-order valence-corrected chi connectivity index (χ0v) is 9.51. The summed E-state index contributed by atoms with van der Waals surface area (Å²) in [4.78, 5) is 4.24. The number of alkyl halides is 1. The Morgan fingerprint density at radius 1 is 1.50 bits per heavy atom. The Balaban J connectivity index is 2.34. The van der Waals surface area contributed by atoms with E-state index < -0.39 is 0 Å². The summed E-state index contributed by atoms with van der Waals surface area (Å²) in [5.41, 5.74) is 1.17. The Hall–Kier alpha value is -0.760. The second kappa shape index (κ2) is 5.86. The van der Waals surface area contributed by atoms with Crippen LogP contribution >= 0.6 is 11.6 Å². The lowest BCUT2D eigenvalue weighted by Gasteiger charge is -2.09. The molecule has 0 aromatic carbocycles. The van der Waals surface area contributed by atoms with Gasteiger partial charge >= 0.3 is 0 Å². The summed E-state index contributed by atoms with van der Waals surface area (Å²) in [5, 5.41) is 3.41. The van der Waals surface area contributed by atoms with Crippen molar-refractivity contribution >= 4 is 17.4 Å². The summed E-state index contributed by atoms with van der Waals surface area (Å²) < 4.78 is 0. The lowest BCUT2D eigenvalue weighted by molar-refractivity contribution is 0.750. The van der Waals surface area contributed by atoms with Crippen molar-refractivity contribution in [2.24, 2.45) is 0 Å². The number of hydrogen-bond acceptors (Lipinski definition) is 2. The van der Waals surface area contributed by atoms with E-state index in [9.17, 15) is 0 Å². The molecule has 1 aromatic heterocycles. The molecule has 0 aliphatic heterocycles. The molecule has 0 amide bonds. The third-order valence-electron chi connectivity index (χ3n) is 2.02. The summed E-state index contributed by atoms with van der Waals surface area (Å²) in [6.45, 7) is 4.95. The van der Waals surface area contributed by atoms with Crippen LogP contribution < -0.4 is 5.32 Å². The smallest absolute Gasteiger partial charge is 0.125 e. The van der Waals surface area contributed by atoms with E-state index in [0.29, 0.717) is 0 Å². The van der Waals surface area contributed by atoms with Crippen LogP contribution in [0.3, 0.4) is 0 Å². The molecule has 0 fully saturated rings. The molecule has 1 aromatic rings. The predicted molar refractivity (Wildman–Crippen MR) is 62.0 cm³/mol. The van der Waals surface area contributed by atoms with Crippen LogP contribution in [0.15, 0.2) is 18.3 Å². The van der Waals surface area contributed by atoms with Crippen LogP contribution in [0.25, 0.3) is 0 Å². The quantitative estimate of drug-likeness (QED) is 0.759. The van der Waals surface area contributed by atoms with E-state index in [0.717, 1.165) is 25.2 Å². The third-order valence-corrected chi connectivity index (χ3v) is 2.39. The van der Waals surface area contributed by atoms with Gasteiger partial charge in [0.25, 0.3) is 0 Å². The fraction of sp³-hybridized carbons (Fsp3) is 0.545. The van der Waals surface area contributed by atoms with Gasteiger partial charge in [-0.25, -0.2) is 4.98 Å². The van der Waals surface area contributed by atoms with Crippen LogP contribution in [0.4, 0.5) is 5.82 Å². The standard InChI is InChI=1S/C11H17ClN2/c1-3-4-10(12)8-14-11-6-5-9(2)7-13-11/h5-7,10H,3-4,8H2,1-2H3,(H,13,14). The molecule has 3 heteroatoms. The first kappa shape index (κ1) is 11.3. The van der Waals surface area contributed by atoms with Crippen molar-refractivity contribution in [2.75, 3.05) is 11.9 Å².